The number of unbranched alkanes of at least 4 members (excludes halogenated alkanes) is 1. The fourth-order valence-corrected chi connectivity index (χ4v) is 4.16. The molecule has 190 valence electrons. The van der Waals surface area contributed by atoms with Crippen molar-refractivity contribution in [2.45, 2.75) is 58.8 Å². The molecular weight excluding hydrogens is 464 g/mol. The number of hydrogen-bond acceptors (Lipinski definition) is 5. The van der Waals surface area contributed by atoms with Crippen LogP contribution < -0.4 is 0 Å². The first kappa shape index (κ1) is 28.4. The minimum absolute atomic E-state index is 0.0700. The molecule has 1 aliphatic heterocycles. The molecule has 6 nitrogen and oxygen atoms in total. The number of rotatable bonds is 13. The van der Waals surface area contributed by atoms with E-state index in [0.717, 1.165) is 56.3 Å². The summed E-state index contributed by atoms with van der Waals surface area (Å²) in [4.78, 5) is 32.7. The van der Waals surface area contributed by atoms with Crippen LogP contribution in [0.1, 0.15) is 65.6 Å². The largest absolute Gasteiger partial charge is 0.462 e. The van der Waals surface area contributed by atoms with Gasteiger partial charge in [0.05, 0.1) is 17.9 Å². The minimum Gasteiger partial charge on any atom is -0.462 e. The van der Waals surface area contributed by atoms with Gasteiger partial charge in [0.25, 0.3) is 5.91 Å². The Morgan fingerprint density at radius 2 is 1.80 bits per heavy atom. The predicted octanol–water partition coefficient (Wildman–Crippen LogP) is 6.14. The second kappa shape index (κ2) is 15.2. The third kappa shape index (κ3) is 9.02. The number of nitrogens with zero attached hydrogens (tertiary/aromatic N) is 2. The Bertz CT molecular complexity index is 962. The fourth-order valence-electron chi connectivity index (χ4n) is 3.94. The van der Waals surface area contributed by atoms with Crippen molar-refractivity contribution in [1.82, 2.24) is 4.90 Å². The Kier molecular flexibility index (Phi) is 12.3. The van der Waals surface area contributed by atoms with Crippen molar-refractivity contribution < 1.29 is 19.2 Å². The summed E-state index contributed by atoms with van der Waals surface area (Å²) >= 11 is 6.67. The number of carbonyl (C=O) groups is 2. The van der Waals surface area contributed by atoms with E-state index in [4.69, 9.17) is 21.2 Å². The summed E-state index contributed by atoms with van der Waals surface area (Å²) in [7, 11) is 0. The van der Waals surface area contributed by atoms with Crippen LogP contribution in [0.4, 0.5) is 0 Å². The van der Waals surface area contributed by atoms with Crippen LogP contribution in [0.5, 0.6) is 0 Å². The van der Waals surface area contributed by atoms with Crippen LogP contribution in [0.3, 0.4) is 0 Å². The van der Waals surface area contributed by atoms with Gasteiger partial charge in [-0.15, -0.1) is 13.2 Å². The van der Waals surface area contributed by atoms with Crippen molar-refractivity contribution in [2.24, 2.45) is 5.16 Å². The Balaban J connectivity index is 2.28. The Morgan fingerprint density at radius 1 is 1.09 bits per heavy atom. The predicted molar refractivity (Wildman–Crippen MR) is 142 cm³/mol. The van der Waals surface area contributed by atoms with Crippen LogP contribution >= 0.6 is 11.6 Å². The van der Waals surface area contributed by atoms with E-state index >= 15 is 0 Å². The van der Waals surface area contributed by atoms with Gasteiger partial charge in [0.15, 0.2) is 6.61 Å². The summed E-state index contributed by atoms with van der Waals surface area (Å²) in [6.07, 6.45) is 13.0. The maximum atomic E-state index is 12.9. The van der Waals surface area contributed by atoms with Crippen molar-refractivity contribution in [2.75, 3.05) is 26.3 Å². The molecule has 1 fully saturated rings. The highest BCUT2D eigenvalue weighted by Gasteiger charge is 2.22. The molecule has 1 aliphatic rings. The van der Waals surface area contributed by atoms with Crippen molar-refractivity contribution in [3.05, 3.63) is 70.8 Å². The number of benzene rings is 1. The zero-order valence-electron chi connectivity index (χ0n) is 21.0. The van der Waals surface area contributed by atoms with E-state index in [1.807, 2.05) is 43.0 Å². The lowest BCUT2D eigenvalue weighted by atomic mass is 9.94. The molecule has 7 heteroatoms. The minimum atomic E-state index is -0.433. The van der Waals surface area contributed by atoms with E-state index in [0.29, 0.717) is 28.3 Å². The first-order valence-corrected chi connectivity index (χ1v) is 12.6. The second-order valence-corrected chi connectivity index (χ2v) is 9.01. The molecular formula is C28H37ClN2O4. The number of allylic oxidation sites excluding steroid dienone is 3. The average Bonchev–Trinajstić information content (AvgIpc) is 2.85. The lowest BCUT2D eigenvalue weighted by Gasteiger charge is -2.26. The zero-order chi connectivity index (χ0) is 25.6. The quantitative estimate of drug-likeness (QED) is 0.107. The lowest BCUT2D eigenvalue weighted by molar-refractivity contribution is -0.137. The van der Waals surface area contributed by atoms with E-state index in [-0.39, 0.29) is 25.5 Å². The molecule has 1 heterocycles. The third-order valence-corrected chi connectivity index (χ3v) is 6.31. The number of likely N-dealkylation sites (tertiary alicyclic amines) is 1. The number of hydrogen-bond donors (Lipinski definition) is 0. The van der Waals surface area contributed by atoms with Gasteiger partial charge in [-0.05, 0) is 75.1 Å². The van der Waals surface area contributed by atoms with E-state index in [9.17, 15) is 9.59 Å². The van der Waals surface area contributed by atoms with Crippen LogP contribution in [-0.4, -0.2) is 48.8 Å². The molecule has 0 bridgehead atoms. The first-order chi connectivity index (χ1) is 16.9. The fraction of sp³-hybridized carbons (Fsp3) is 0.464. The number of amides is 1. The number of halogens is 1. The number of ether oxygens (including phenoxy) is 1. The zero-order valence-corrected chi connectivity index (χ0v) is 21.7. The van der Waals surface area contributed by atoms with Crippen LogP contribution in [-0.2, 0) is 20.8 Å². The molecule has 0 spiro atoms. The molecule has 0 aromatic heterocycles. The van der Waals surface area contributed by atoms with Crippen molar-refractivity contribution in [1.29, 1.82) is 0 Å². The summed E-state index contributed by atoms with van der Waals surface area (Å²) in [5.41, 5.74) is 3.26. The molecule has 0 unspecified atom stereocenters. The summed E-state index contributed by atoms with van der Waals surface area (Å²) in [6, 6.07) is 1.88. The highest BCUT2D eigenvalue weighted by Crippen LogP contribution is 2.29. The topological polar surface area (TPSA) is 68.2 Å². The van der Waals surface area contributed by atoms with Crippen LogP contribution in [0, 0.1) is 13.8 Å². The van der Waals surface area contributed by atoms with Gasteiger partial charge in [-0.2, -0.15) is 0 Å². The van der Waals surface area contributed by atoms with Gasteiger partial charge in [-0.1, -0.05) is 41.1 Å². The van der Waals surface area contributed by atoms with E-state index in [1.165, 1.54) is 0 Å². The van der Waals surface area contributed by atoms with Crippen LogP contribution in [0.15, 0.2) is 48.7 Å². The smallest absolute Gasteiger partial charge is 0.338 e. The molecule has 1 aromatic rings. The Hall–Kier alpha value is -2.86. The standard InChI is InChI=1S/C28H37ClN2O4/c1-5-7-9-11-14-23(30-35-20-25(32)31-15-12-10-13-16-31)19-24-26(28(33)34-17-8-6-2)21(3)18-22(4)27(24)29/h5-6,11,14,18H,1-2,7-10,12-13,15-17,19-20H2,3-4H3/b14-11+,30-23+. The molecule has 0 radical (unpaired) electrons. The first-order valence-electron chi connectivity index (χ1n) is 12.2. The second-order valence-electron chi connectivity index (χ2n) is 8.63. The van der Waals surface area contributed by atoms with Crippen LogP contribution in [0.2, 0.25) is 5.02 Å². The van der Waals surface area contributed by atoms with Crippen molar-refractivity contribution in [3.8, 4) is 0 Å². The maximum Gasteiger partial charge on any atom is 0.338 e. The van der Waals surface area contributed by atoms with Gasteiger partial charge >= 0.3 is 5.97 Å². The normalized spacial score (nSPS) is 14.1. The monoisotopic (exact) mass is 500 g/mol. The molecule has 0 N–H and O–H groups in total. The molecule has 2 rings (SSSR count). The summed E-state index contributed by atoms with van der Waals surface area (Å²) in [5, 5.41) is 4.75. The van der Waals surface area contributed by atoms with Gasteiger partial charge in [-0.25, -0.2) is 4.79 Å². The van der Waals surface area contributed by atoms with Gasteiger partial charge in [0.2, 0.25) is 0 Å². The van der Waals surface area contributed by atoms with Crippen molar-refractivity contribution >= 4 is 29.2 Å². The number of oxime groups is 1. The SMILES string of the molecule is C=CCC/C=C/C(Cc1c(Cl)c(C)cc(C)c1C(=O)OCCC=C)=N\OCC(=O)N1CCCCC1. The highest BCUT2D eigenvalue weighted by atomic mass is 35.5. The van der Waals surface area contributed by atoms with Crippen LogP contribution in [0.25, 0.3) is 0 Å². The Morgan fingerprint density at radius 3 is 2.49 bits per heavy atom. The van der Waals surface area contributed by atoms with Gasteiger partial charge in [0.1, 0.15) is 0 Å². The molecule has 0 aliphatic carbocycles. The molecule has 1 amide bonds. The molecule has 1 saturated heterocycles. The molecule has 1 aromatic carbocycles. The molecule has 0 saturated carbocycles. The summed E-state index contributed by atoms with van der Waals surface area (Å²) in [6.45, 7) is 12.8. The maximum absolute atomic E-state index is 12.9. The van der Waals surface area contributed by atoms with Gasteiger partial charge < -0.3 is 14.5 Å². The molecule has 35 heavy (non-hydrogen) atoms. The third-order valence-electron chi connectivity index (χ3n) is 5.78. The number of piperidine rings is 1. The van der Waals surface area contributed by atoms with Crippen molar-refractivity contribution in [3.63, 3.8) is 0 Å². The number of carbonyl (C=O) groups excluding carboxylic acids is 2. The Labute approximate surface area is 214 Å². The van der Waals surface area contributed by atoms with Gasteiger partial charge in [0, 0.05) is 24.5 Å². The van der Waals surface area contributed by atoms with Gasteiger partial charge in [-0.3, -0.25) is 4.79 Å². The lowest BCUT2D eigenvalue weighted by Crippen LogP contribution is -2.37. The summed E-state index contributed by atoms with van der Waals surface area (Å²) < 4.78 is 5.44. The summed E-state index contributed by atoms with van der Waals surface area (Å²) in [5.74, 6) is -0.503. The number of aryl methyl sites for hydroxylation is 2. The van der Waals surface area contributed by atoms with E-state index < -0.39 is 5.97 Å². The highest BCUT2D eigenvalue weighted by molar-refractivity contribution is 6.33. The molecule has 0 atom stereocenters. The number of esters is 1. The van der Waals surface area contributed by atoms with E-state index in [1.54, 1.807) is 6.08 Å². The average molecular weight is 501 g/mol. The van der Waals surface area contributed by atoms with E-state index in [2.05, 4.69) is 18.3 Å².